The number of non-ortho nitro benzene ring substituents is 1. The van der Waals surface area contributed by atoms with Crippen molar-refractivity contribution in [3.8, 4) is 5.75 Å². The van der Waals surface area contributed by atoms with Crippen LogP contribution in [-0.4, -0.2) is 27.1 Å². The molecule has 0 unspecified atom stereocenters. The highest BCUT2D eigenvalue weighted by atomic mass is 35.5. The van der Waals surface area contributed by atoms with E-state index in [2.05, 4.69) is 5.10 Å². The zero-order valence-corrected chi connectivity index (χ0v) is 11.2. The van der Waals surface area contributed by atoms with Crippen molar-refractivity contribution >= 4 is 23.1 Å². The third-order valence-corrected chi connectivity index (χ3v) is 2.82. The molecule has 20 heavy (non-hydrogen) atoms. The standard InChI is InChI=1S/C12H10ClN3O4/c1-15-6-8(5-14-15)11(17)7-20-12-4-9(16(18)19)2-3-10(12)13/h2-6H,7H2,1H3. The van der Waals surface area contributed by atoms with Crippen LogP contribution in [0.15, 0.2) is 30.6 Å². The number of hydrogen-bond acceptors (Lipinski definition) is 5. The summed E-state index contributed by atoms with van der Waals surface area (Å²) in [6, 6.07) is 3.79. The van der Waals surface area contributed by atoms with Crippen molar-refractivity contribution in [2.24, 2.45) is 7.05 Å². The lowest BCUT2D eigenvalue weighted by Gasteiger charge is -2.06. The number of carbonyl (C=O) groups excluding carboxylic acids is 1. The molecule has 0 saturated carbocycles. The van der Waals surface area contributed by atoms with Gasteiger partial charge in [0.1, 0.15) is 5.75 Å². The minimum absolute atomic E-state index is 0.0955. The Labute approximate surface area is 118 Å². The Hall–Kier alpha value is -2.41. The zero-order chi connectivity index (χ0) is 14.7. The van der Waals surface area contributed by atoms with Gasteiger partial charge < -0.3 is 4.74 Å². The van der Waals surface area contributed by atoms with E-state index in [1.54, 1.807) is 13.2 Å². The summed E-state index contributed by atoms with van der Waals surface area (Å²) in [4.78, 5) is 21.9. The molecule has 0 spiro atoms. The Kier molecular flexibility index (Phi) is 3.99. The van der Waals surface area contributed by atoms with E-state index in [4.69, 9.17) is 16.3 Å². The van der Waals surface area contributed by atoms with E-state index < -0.39 is 4.92 Å². The van der Waals surface area contributed by atoms with Crippen LogP contribution in [0.1, 0.15) is 10.4 Å². The smallest absolute Gasteiger partial charge is 0.273 e. The van der Waals surface area contributed by atoms with Gasteiger partial charge in [0.2, 0.25) is 5.78 Å². The van der Waals surface area contributed by atoms with Gasteiger partial charge in [-0.3, -0.25) is 19.6 Å². The number of Topliss-reactive ketones (excluding diaryl/α,β-unsaturated/α-hetero) is 1. The van der Waals surface area contributed by atoms with E-state index in [-0.39, 0.29) is 28.8 Å². The minimum Gasteiger partial charge on any atom is -0.484 e. The number of nitro benzene ring substituents is 1. The van der Waals surface area contributed by atoms with Crippen LogP contribution in [0.3, 0.4) is 0 Å². The maximum Gasteiger partial charge on any atom is 0.273 e. The highest BCUT2D eigenvalue weighted by Crippen LogP contribution is 2.28. The van der Waals surface area contributed by atoms with Gasteiger partial charge in [0.15, 0.2) is 6.61 Å². The average molecular weight is 296 g/mol. The lowest BCUT2D eigenvalue weighted by molar-refractivity contribution is -0.384. The van der Waals surface area contributed by atoms with E-state index in [0.29, 0.717) is 5.56 Å². The molecule has 0 saturated heterocycles. The van der Waals surface area contributed by atoms with Crippen LogP contribution in [0.25, 0.3) is 0 Å². The Morgan fingerprint density at radius 1 is 1.55 bits per heavy atom. The molecule has 8 heteroatoms. The molecule has 1 heterocycles. The van der Waals surface area contributed by atoms with Crippen molar-refractivity contribution in [3.63, 3.8) is 0 Å². The Balaban J connectivity index is 2.09. The predicted molar refractivity (Wildman–Crippen MR) is 71.1 cm³/mol. The fourth-order valence-electron chi connectivity index (χ4n) is 1.51. The van der Waals surface area contributed by atoms with Crippen LogP contribution in [0.2, 0.25) is 5.02 Å². The molecular formula is C12H10ClN3O4. The normalized spacial score (nSPS) is 10.3. The molecule has 0 amide bonds. The van der Waals surface area contributed by atoms with Gasteiger partial charge in [-0.15, -0.1) is 0 Å². The summed E-state index contributed by atoms with van der Waals surface area (Å²) in [6.45, 7) is -0.271. The maximum absolute atomic E-state index is 11.8. The largest absolute Gasteiger partial charge is 0.484 e. The summed E-state index contributed by atoms with van der Waals surface area (Å²) < 4.78 is 6.72. The molecule has 1 aromatic carbocycles. The summed E-state index contributed by atoms with van der Waals surface area (Å²) in [6.07, 6.45) is 2.97. The van der Waals surface area contributed by atoms with E-state index in [1.165, 1.54) is 29.1 Å². The molecule has 104 valence electrons. The number of aryl methyl sites for hydroxylation is 1. The first-order valence-electron chi connectivity index (χ1n) is 5.56. The van der Waals surface area contributed by atoms with Gasteiger partial charge in [-0.25, -0.2) is 0 Å². The summed E-state index contributed by atoms with van der Waals surface area (Å²) >= 11 is 5.86. The Bertz CT molecular complexity index is 668. The van der Waals surface area contributed by atoms with E-state index in [1.807, 2.05) is 0 Å². The molecule has 0 radical (unpaired) electrons. The molecule has 2 rings (SSSR count). The van der Waals surface area contributed by atoms with Gasteiger partial charge in [0, 0.05) is 19.3 Å². The van der Waals surface area contributed by atoms with Gasteiger partial charge in [-0.1, -0.05) is 11.6 Å². The van der Waals surface area contributed by atoms with Crippen LogP contribution in [-0.2, 0) is 7.05 Å². The number of ether oxygens (including phenoxy) is 1. The SMILES string of the molecule is Cn1cc(C(=O)COc2cc([N+](=O)[O-])ccc2Cl)cn1. The molecule has 0 atom stereocenters. The van der Waals surface area contributed by atoms with Crippen LogP contribution >= 0.6 is 11.6 Å². The lowest BCUT2D eigenvalue weighted by atomic mass is 10.2. The first-order valence-corrected chi connectivity index (χ1v) is 5.94. The van der Waals surface area contributed by atoms with Crippen molar-refractivity contribution in [1.29, 1.82) is 0 Å². The Morgan fingerprint density at radius 3 is 2.90 bits per heavy atom. The van der Waals surface area contributed by atoms with Gasteiger partial charge >= 0.3 is 0 Å². The van der Waals surface area contributed by atoms with Gasteiger partial charge in [0.05, 0.1) is 27.8 Å². The van der Waals surface area contributed by atoms with Crippen molar-refractivity contribution in [2.75, 3.05) is 6.61 Å². The first kappa shape index (κ1) is 14.0. The highest BCUT2D eigenvalue weighted by molar-refractivity contribution is 6.32. The van der Waals surface area contributed by atoms with Gasteiger partial charge in [-0.05, 0) is 6.07 Å². The lowest BCUT2D eigenvalue weighted by Crippen LogP contribution is -2.11. The van der Waals surface area contributed by atoms with Crippen LogP contribution < -0.4 is 4.74 Å². The minimum atomic E-state index is -0.563. The fraction of sp³-hybridized carbons (Fsp3) is 0.167. The van der Waals surface area contributed by atoms with Crippen molar-refractivity contribution < 1.29 is 14.5 Å². The second-order valence-corrected chi connectivity index (χ2v) is 4.39. The first-order chi connectivity index (χ1) is 9.47. The molecule has 7 nitrogen and oxygen atoms in total. The molecule has 0 aliphatic carbocycles. The zero-order valence-electron chi connectivity index (χ0n) is 10.4. The number of ketones is 1. The molecular weight excluding hydrogens is 286 g/mol. The van der Waals surface area contributed by atoms with Crippen molar-refractivity contribution in [3.05, 3.63) is 51.3 Å². The van der Waals surface area contributed by atoms with E-state index in [0.717, 1.165) is 0 Å². The molecule has 0 fully saturated rings. The molecule has 2 aromatic rings. The Morgan fingerprint density at radius 2 is 2.30 bits per heavy atom. The topological polar surface area (TPSA) is 87.3 Å². The van der Waals surface area contributed by atoms with Crippen molar-refractivity contribution in [1.82, 2.24) is 9.78 Å². The molecule has 0 bridgehead atoms. The number of nitrogens with zero attached hydrogens (tertiary/aromatic N) is 3. The average Bonchev–Trinajstić information content (AvgIpc) is 2.84. The number of rotatable bonds is 5. The number of carbonyl (C=O) groups is 1. The second-order valence-electron chi connectivity index (χ2n) is 3.99. The number of benzene rings is 1. The number of hydrogen-bond donors (Lipinski definition) is 0. The third kappa shape index (κ3) is 3.12. The number of halogens is 1. The third-order valence-electron chi connectivity index (χ3n) is 2.51. The summed E-state index contributed by atoms with van der Waals surface area (Å²) in [5.41, 5.74) is 0.243. The van der Waals surface area contributed by atoms with Gasteiger partial charge in [0.25, 0.3) is 5.69 Å². The summed E-state index contributed by atoms with van der Waals surface area (Å²) in [7, 11) is 1.69. The number of aromatic nitrogens is 2. The van der Waals surface area contributed by atoms with Gasteiger partial charge in [-0.2, -0.15) is 5.10 Å². The van der Waals surface area contributed by atoms with Crippen molar-refractivity contribution in [2.45, 2.75) is 0 Å². The quantitative estimate of drug-likeness (QED) is 0.479. The number of nitro groups is 1. The summed E-state index contributed by atoms with van der Waals surface area (Å²) in [5, 5.41) is 14.7. The maximum atomic E-state index is 11.8. The molecule has 0 aliphatic rings. The van der Waals surface area contributed by atoms with Crippen LogP contribution in [0.5, 0.6) is 5.75 Å². The van der Waals surface area contributed by atoms with E-state index in [9.17, 15) is 14.9 Å². The predicted octanol–water partition coefficient (Wildman–Crippen LogP) is 2.24. The summed E-state index contributed by atoms with van der Waals surface area (Å²) in [5.74, 6) is -0.196. The van der Waals surface area contributed by atoms with E-state index >= 15 is 0 Å². The highest BCUT2D eigenvalue weighted by Gasteiger charge is 2.13. The van der Waals surface area contributed by atoms with Crippen LogP contribution in [0, 0.1) is 10.1 Å². The molecule has 0 N–H and O–H groups in total. The molecule has 1 aromatic heterocycles. The second kappa shape index (κ2) is 5.70. The molecule has 0 aliphatic heterocycles. The fourth-order valence-corrected chi connectivity index (χ4v) is 1.68. The van der Waals surface area contributed by atoms with Crippen LogP contribution in [0.4, 0.5) is 5.69 Å². The monoisotopic (exact) mass is 295 g/mol.